The molecule has 1 aliphatic carbocycles. The molecule has 2 amide bonds. The Morgan fingerprint density at radius 1 is 1.11 bits per heavy atom. The topological polar surface area (TPSA) is 82.3 Å². The van der Waals surface area contributed by atoms with Crippen molar-refractivity contribution in [2.45, 2.75) is 39.0 Å². The molecule has 0 radical (unpaired) electrons. The van der Waals surface area contributed by atoms with Gasteiger partial charge in [0.2, 0.25) is 5.91 Å². The minimum absolute atomic E-state index is 0.00964. The largest absolute Gasteiger partial charge is 0.354 e. The Labute approximate surface area is 164 Å². The van der Waals surface area contributed by atoms with Crippen LogP contribution in [-0.2, 0) is 11.2 Å². The first-order chi connectivity index (χ1) is 13.5. The molecule has 1 fully saturated rings. The number of aromatic amines is 1. The van der Waals surface area contributed by atoms with E-state index < -0.39 is 0 Å². The molecule has 0 unspecified atom stereocenters. The highest BCUT2D eigenvalue weighted by molar-refractivity contribution is 6.04. The van der Waals surface area contributed by atoms with E-state index in [-0.39, 0.29) is 23.5 Å². The van der Waals surface area contributed by atoms with Gasteiger partial charge in [-0.1, -0.05) is 18.2 Å². The molecule has 1 saturated heterocycles. The Kier molecular flexibility index (Phi) is 5.03. The maximum absolute atomic E-state index is 13.0. The number of hydrogen-bond acceptors (Lipinski definition) is 3. The van der Waals surface area contributed by atoms with Crippen LogP contribution < -0.4 is 5.32 Å². The van der Waals surface area contributed by atoms with Gasteiger partial charge in [-0.05, 0) is 50.3 Å². The van der Waals surface area contributed by atoms with Crippen LogP contribution >= 0.6 is 0 Å². The molecule has 0 saturated carbocycles. The van der Waals surface area contributed by atoms with Crippen LogP contribution in [0.2, 0.25) is 0 Å². The number of rotatable bonds is 3. The molecule has 1 aromatic heterocycles. The van der Waals surface area contributed by atoms with Crippen molar-refractivity contribution >= 4 is 23.3 Å². The molecule has 0 spiro atoms. The van der Waals surface area contributed by atoms with Gasteiger partial charge in [0, 0.05) is 42.4 Å². The molecule has 1 aliphatic heterocycles. The van der Waals surface area contributed by atoms with Crippen LogP contribution in [0.5, 0.6) is 0 Å². The molecule has 0 bridgehead atoms. The lowest BCUT2D eigenvalue weighted by molar-refractivity contribution is -0.121. The summed E-state index contributed by atoms with van der Waals surface area (Å²) in [7, 11) is 0. The lowest BCUT2D eigenvalue weighted by Crippen LogP contribution is -2.41. The molecular formula is C22H25N3O3. The number of nitrogens with zero attached hydrogens (tertiary/aromatic N) is 1. The lowest BCUT2D eigenvalue weighted by atomic mass is 9.93. The molecule has 28 heavy (non-hydrogen) atoms. The Balaban J connectivity index is 1.39. The zero-order chi connectivity index (χ0) is 19.7. The number of benzene rings is 1. The number of ketones is 1. The van der Waals surface area contributed by atoms with Crippen LogP contribution in [-0.4, -0.2) is 40.6 Å². The predicted molar refractivity (Wildman–Crippen MR) is 106 cm³/mol. The molecule has 2 N–H and O–H groups in total. The molecule has 4 rings (SSSR count). The number of fused-ring (bicyclic) bond motifs is 1. The highest BCUT2D eigenvalue weighted by Crippen LogP contribution is 2.28. The molecule has 2 aromatic rings. The molecule has 2 aliphatic rings. The number of Topliss-reactive ketones (excluding diaryl/α,β-unsaturated/α-hetero) is 1. The van der Waals surface area contributed by atoms with Crippen molar-refractivity contribution in [3.05, 3.63) is 52.8 Å². The number of para-hydroxylation sites is 1. The Bertz CT molecular complexity index is 909. The SMILES string of the molecule is Cc1c(C(=O)N2CCC(C(=O)Nc3ccccc3)CC2)[nH]c2c1C(=O)CCC2. The first-order valence-electron chi connectivity index (χ1n) is 9.94. The molecular weight excluding hydrogens is 354 g/mol. The normalized spacial score (nSPS) is 17.3. The van der Waals surface area contributed by atoms with E-state index >= 15 is 0 Å². The van der Waals surface area contributed by atoms with Gasteiger partial charge in [-0.25, -0.2) is 0 Å². The van der Waals surface area contributed by atoms with Crippen molar-refractivity contribution in [3.8, 4) is 0 Å². The van der Waals surface area contributed by atoms with Crippen molar-refractivity contribution in [1.82, 2.24) is 9.88 Å². The zero-order valence-electron chi connectivity index (χ0n) is 16.1. The van der Waals surface area contributed by atoms with Crippen LogP contribution in [0.15, 0.2) is 30.3 Å². The highest BCUT2D eigenvalue weighted by atomic mass is 16.2. The van der Waals surface area contributed by atoms with Gasteiger partial charge >= 0.3 is 0 Å². The monoisotopic (exact) mass is 379 g/mol. The third-order valence-electron chi connectivity index (χ3n) is 5.85. The fourth-order valence-corrected chi connectivity index (χ4v) is 4.26. The van der Waals surface area contributed by atoms with Crippen molar-refractivity contribution < 1.29 is 14.4 Å². The standard InChI is InChI=1S/C22H25N3O3/c1-14-19-17(8-5-9-18(19)26)24-20(14)22(28)25-12-10-15(11-13-25)21(27)23-16-6-3-2-4-7-16/h2-4,6-7,15,24H,5,8-13H2,1H3,(H,23,27). The molecule has 6 nitrogen and oxygen atoms in total. The number of anilines is 1. The van der Waals surface area contributed by atoms with E-state index in [1.807, 2.05) is 37.3 Å². The van der Waals surface area contributed by atoms with Crippen molar-refractivity contribution in [3.63, 3.8) is 0 Å². The minimum Gasteiger partial charge on any atom is -0.354 e. The number of amides is 2. The van der Waals surface area contributed by atoms with E-state index in [1.54, 1.807) is 4.90 Å². The average molecular weight is 379 g/mol. The molecule has 1 aromatic carbocycles. The number of nitrogens with one attached hydrogen (secondary N) is 2. The number of aryl methyl sites for hydroxylation is 1. The number of aromatic nitrogens is 1. The van der Waals surface area contributed by atoms with E-state index in [1.165, 1.54) is 0 Å². The van der Waals surface area contributed by atoms with E-state index in [0.717, 1.165) is 29.8 Å². The van der Waals surface area contributed by atoms with Crippen LogP contribution in [0.3, 0.4) is 0 Å². The van der Waals surface area contributed by atoms with Crippen LogP contribution in [0.1, 0.15) is 57.8 Å². The van der Waals surface area contributed by atoms with Gasteiger partial charge in [0.05, 0.1) is 0 Å². The summed E-state index contributed by atoms with van der Waals surface area (Å²) in [5.41, 5.74) is 3.71. The number of H-pyrrole nitrogens is 1. The second-order valence-corrected chi connectivity index (χ2v) is 7.68. The van der Waals surface area contributed by atoms with Crippen molar-refractivity contribution in [2.75, 3.05) is 18.4 Å². The summed E-state index contributed by atoms with van der Waals surface area (Å²) < 4.78 is 0. The van der Waals surface area contributed by atoms with Crippen LogP contribution in [0.25, 0.3) is 0 Å². The first kappa shape index (κ1) is 18.5. The summed E-state index contributed by atoms with van der Waals surface area (Å²) in [4.78, 5) is 42.7. The number of hydrogen-bond donors (Lipinski definition) is 2. The summed E-state index contributed by atoms with van der Waals surface area (Å²) >= 11 is 0. The Morgan fingerprint density at radius 3 is 2.50 bits per heavy atom. The summed E-state index contributed by atoms with van der Waals surface area (Å²) in [5, 5.41) is 2.95. The van der Waals surface area contributed by atoms with Gasteiger partial charge in [0.15, 0.2) is 5.78 Å². The number of piperidine rings is 1. The molecule has 2 heterocycles. The van der Waals surface area contributed by atoms with E-state index in [2.05, 4.69) is 10.3 Å². The van der Waals surface area contributed by atoms with Crippen molar-refractivity contribution in [2.24, 2.45) is 5.92 Å². The summed E-state index contributed by atoms with van der Waals surface area (Å²) in [6.07, 6.45) is 3.49. The van der Waals surface area contributed by atoms with E-state index in [0.29, 0.717) is 43.6 Å². The minimum atomic E-state index is -0.0937. The maximum atomic E-state index is 13.0. The smallest absolute Gasteiger partial charge is 0.270 e. The quantitative estimate of drug-likeness (QED) is 0.858. The predicted octanol–water partition coefficient (Wildman–Crippen LogP) is 3.33. The van der Waals surface area contributed by atoms with Gasteiger partial charge in [-0.15, -0.1) is 0 Å². The van der Waals surface area contributed by atoms with Gasteiger partial charge in [-0.3, -0.25) is 14.4 Å². The van der Waals surface area contributed by atoms with Crippen LogP contribution in [0, 0.1) is 12.8 Å². The molecule has 146 valence electrons. The summed E-state index contributed by atoms with van der Waals surface area (Å²) in [6, 6.07) is 9.43. The molecule has 6 heteroatoms. The van der Waals surface area contributed by atoms with Gasteiger partial charge in [0.1, 0.15) is 5.69 Å². The first-order valence-corrected chi connectivity index (χ1v) is 9.94. The second kappa shape index (κ2) is 7.62. The highest BCUT2D eigenvalue weighted by Gasteiger charge is 2.31. The maximum Gasteiger partial charge on any atom is 0.270 e. The average Bonchev–Trinajstić information content (AvgIpc) is 3.06. The number of carbonyl (C=O) groups excluding carboxylic acids is 3. The summed E-state index contributed by atoms with van der Waals surface area (Å²) in [5.74, 6) is -0.0221. The third kappa shape index (κ3) is 3.46. The second-order valence-electron chi connectivity index (χ2n) is 7.68. The lowest BCUT2D eigenvalue weighted by Gasteiger charge is -2.31. The fraction of sp³-hybridized carbons (Fsp3) is 0.409. The van der Waals surface area contributed by atoms with Crippen LogP contribution in [0.4, 0.5) is 5.69 Å². The number of carbonyl (C=O) groups is 3. The van der Waals surface area contributed by atoms with Crippen molar-refractivity contribution in [1.29, 1.82) is 0 Å². The Hall–Kier alpha value is -2.89. The van der Waals surface area contributed by atoms with Gasteiger partial charge in [0.25, 0.3) is 5.91 Å². The van der Waals surface area contributed by atoms with E-state index in [4.69, 9.17) is 0 Å². The third-order valence-corrected chi connectivity index (χ3v) is 5.85. The summed E-state index contributed by atoms with van der Waals surface area (Å²) in [6.45, 7) is 2.94. The number of likely N-dealkylation sites (tertiary alicyclic amines) is 1. The molecule has 0 atom stereocenters. The Morgan fingerprint density at radius 2 is 1.82 bits per heavy atom. The van der Waals surface area contributed by atoms with Gasteiger partial charge in [-0.2, -0.15) is 0 Å². The van der Waals surface area contributed by atoms with Gasteiger partial charge < -0.3 is 15.2 Å². The fourth-order valence-electron chi connectivity index (χ4n) is 4.26. The zero-order valence-corrected chi connectivity index (χ0v) is 16.1. The van der Waals surface area contributed by atoms with E-state index in [9.17, 15) is 14.4 Å².